The van der Waals surface area contributed by atoms with Gasteiger partial charge in [0.1, 0.15) is 17.4 Å². The van der Waals surface area contributed by atoms with Crippen molar-refractivity contribution in [1.29, 1.82) is 0 Å². The van der Waals surface area contributed by atoms with Gasteiger partial charge in [0.05, 0.1) is 11.3 Å². The number of amides is 1. The van der Waals surface area contributed by atoms with Crippen molar-refractivity contribution in [1.82, 2.24) is 20.0 Å². The highest BCUT2D eigenvalue weighted by Crippen LogP contribution is 2.30. The van der Waals surface area contributed by atoms with E-state index in [4.69, 9.17) is 4.52 Å². The molecule has 1 fully saturated rings. The fourth-order valence-corrected chi connectivity index (χ4v) is 4.99. The van der Waals surface area contributed by atoms with Crippen LogP contribution >= 0.6 is 11.8 Å². The third kappa shape index (κ3) is 4.74. The second kappa shape index (κ2) is 9.09. The Labute approximate surface area is 186 Å². The molecule has 2 aromatic heterocycles. The molecule has 0 spiro atoms. The summed E-state index contributed by atoms with van der Waals surface area (Å²) in [6, 6.07) is 9.84. The zero-order chi connectivity index (χ0) is 22.0. The lowest BCUT2D eigenvalue weighted by Gasteiger charge is -2.35. The van der Waals surface area contributed by atoms with Crippen LogP contribution in [0.4, 0.5) is 5.82 Å². The van der Waals surface area contributed by atoms with Crippen LogP contribution in [0.2, 0.25) is 0 Å². The summed E-state index contributed by atoms with van der Waals surface area (Å²) in [4.78, 5) is 27.4. The topological polar surface area (TPSA) is 75.4 Å². The van der Waals surface area contributed by atoms with Crippen molar-refractivity contribution in [2.75, 3.05) is 31.1 Å². The lowest BCUT2D eigenvalue weighted by Crippen LogP contribution is -2.49. The van der Waals surface area contributed by atoms with Crippen molar-refractivity contribution in [2.45, 2.75) is 38.3 Å². The Bertz CT molecular complexity index is 1050. The summed E-state index contributed by atoms with van der Waals surface area (Å²) in [6.45, 7) is 10.6. The smallest absolute Gasteiger partial charge is 0.255 e. The number of carbonyl (C=O) groups excluding carboxylic acids is 1. The van der Waals surface area contributed by atoms with Crippen molar-refractivity contribution in [3.63, 3.8) is 0 Å². The predicted octanol–water partition coefficient (Wildman–Crippen LogP) is 3.95. The van der Waals surface area contributed by atoms with E-state index in [1.807, 2.05) is 62.9 Å². The maximum Gasteiger partial charge on any atom is 0.255 e. The number of piperazine rings is 1. The predicted molar refractivity (Wildman–Crippen MR) is 122 cm³/mol. The standard InChI is InChI=1S/C23H27N5O2S/c1-15-13-22(25-18(4)24-15)27-9-11-28(12-10-27)23(29)19-7-5-6-8-21(19)31-14-20-16(2)26-30-17(20)3/h5-8,13H,9-12,14H2,1-4H3. The lowest BCUT2D eigenvalue weighted by atomic mass is 10.1. The maximum absolute atomic E-state index is 13.3. The molecule has 0 aliphatic carbocycles. The van der Waals surface area contributed by atoms with E-state index < -0.39 is 0 Å². The van der Waals surface area contributed by atoms with Gasteiger partial charge in [0.15, 0.2) is 0 Å². The molecule has 162 valence electrons. The molecule has 0 saturated carbocycles. The highest BCUT2D eigenvalue weighted by Gasteiger charge is 2.25. The first-order valence-corrected chi connectivity index (χ1v) is 11.4. The first-order chi connectivity index (χ1) is 14.9. The fraction of sp³-hybridized carbons (Fsp3) is 0.391. The molecule has 1 aliphatic rings. The minimum Gasteiger partial charge on any atom is -0.361 e. The molecular weight excluding hydrogens is 410 g/mol. The van der Waals surface area contributed by atoms with Crippen molar-refractivity contribution >= 4 is 23.5 Å². The average Bonchev–Trinajstić information content (AvgIpc) is 3.08. The Morgan fingerprint density at radius 2 is 1.81 bits per heavy atom. The van der Waals surface area contributed by atoms with Gasteiger partial charge in [0, 0.05) is 54.2 Å². The van der Waals surface area contributed by atoms with Gasteiger partial charge in [-0.15, -0.1) is 11.8 Å². The molecule has 1 amide bonds. The molecule has 0 N–H and O–H groups in total. The second-order valence-corrected chi connectivity index (χ2v) is 8.80. The van der Waals surface area contributed by atoms with Gasteiger partial charge in [-0.3, -0.25) is 4.79 Å². The Balaban J connectivity index is 1.43. The van der Waals surface area contributed by atoms with Gasteiger partial charge >= 0.3 is 0 Å². The van der Waals surface area contributed by atoms with Gasteiger partial charge < -0.3 is 14.3 Å². The molecule has 4 rings (SSSR count). The number of carbonyl (C=O) groups is 1. The summed E-state index contributed by atoms with van der Waals surface area (Å²) in [5.74, 6) is 3.35. The number of hydrogen-bond acceptors (Lipinski definition) is 7. The van der Waals surface area contributed by atoms with E-state index in [-0.39, 0.29) is 5.91 Å². The number of hydrogen-bond donors (Lipinski definition) is 0. The van der Waals surface area contributed by atoms with E-state index >= 15 is 0 Å². The Kier molecular flexibility index (Phi) is 6.27. The van der Waals surface area contributed by atoms with Crippen LogP contribution in [-0.4, -0.2) is 52.1 Å². The molecule has 0 unspecified atom stereocenters. The summed E-state index contributed by atoms with van der Waals surface area (Å²) in [5, 5.41) is 4.03. The number of aryl methyl sites for hydroxylation is 4. The van der Waals surface area contributed by atoms with Crippen LogP contribution < -0.4 is 4.90 Å². The number of rotatable bonds is 5. The normalized spacial score (nSPS) is 14.2. The van der Waals surface area contributed by atoms with Crippen molar-refractivity contribution in [3.05, 3.63) is 64.4 Å². The Hall–Kier alpha value is -2.87. The van der Waals surface area contributed by atoms with Gasteiger partial charge in [-0.1, -0.05) is 17.3 Å². The van der Waals surface area contributed by atoms with Gasteiger partial charge in [-0.05, 0) is 39.8 Å². The molecule has 0 bridgehead atoms. The molecule has 8 heteroatoms. The highest BCUT2D eigenvalue weighted by atomic mass is 32.2. The van der Waals surface area contributed by atoms with Crippen LogP contribution in [0.1, 0.15) is 38.9 Å². The number of benzene rings is 1. The van der Waals surface area contributed by atoms with Gasteiger partial charge in [0.25, 0.3) is 5.91 Å². The number of aromatic nitrogens is 3. The molecule has 1 aromatic carbocycles. The fourth-order valence-electron chi connectivity index (χ4n) is 3.80. The molecule has 7 nitrogen and oxygen atoms in total. The van der Waals surface area contributed by atoms with E-state index in [0.29, 0.717) is 13.1 Å². The summed E-state index contributed by atoms with van der Waals surface area (Å²) >= 11 is 1.65. The van der Waals surface area contributed by atoms with Crippen molar-refractivity contribution < 1.29 is 9.32 Å². The summed E-state index contributed by atoms with van der Waals surface area (Å²) < 4.78 is 5.27. The summed E-state index contributed by atoms with van der Waals surface area (Å²) in [6.07, 6.45) is 0. The lowest BCUT2D eigenvalue weighted by molar-refractivity contribution is 0.0743. The Morgan fingerprint density at radius 3 is 2.48 bits per heavy atom. The highest BCUT2D eigenvalue weighted by molar-refractivity contribution is 7.98. The summed E-state index contributed by atoms with van der Waals surface area (Å²) in [5.41, 5.74) is 3.71. The monoisotopic (exact) mass is 437 g/mol. The second-order valence-electron chi connectivity index (χ2n) is 7.78. The van der Waals surface area contributed by atoms with E-state index in [0.717, 1.165) is 63.7 Å². The number of thioether (sulfide) groups is 1. The Morgan fingerprint density at radius 1 is 1.06 bits per heavy atom. The molecule has 3 aromatic rings. The van der Waals surface area contributed by atoms with Gasteiger partial charge in [0.2, 0.25) is 0 Å². The van der Waals surface area contributed by atoms with E-state index in [1.165, 1.54) is 0 Å². The molecular formula is C23H27N5O2S. The molecule has 0 radical (unpaired) electrons. The van der Waals surface area contributed by atoms with Crippen LogP contribution in [0.15, 0.2) is 39.8 Å². The van der Waals surface area contributed by atoms with Gasteiger partial charge in [-0.2, -0.15) is 0 Å². The molecule has 1 saturated heterocycles. The van der Waals surface area contributed by atoms with Crippen molar-refractivity contribution in [3.8, 4) is 0 Å². The van der Waals surface area contributed by atoms with Crippen LogP contribution in [0.25, 0.3) is 0 Å². The first-order valence-electron chi connectivity index (χ1n) is 10.4. The maximum atomic E-state index is 13.3. The molecule has 1 aliphatic heterocycles. The number of anilines is 1. The SMILES string of the molecule is Cc1cc(N2CCN(C(=O)c3ccccc3SCc3c(C)noc3C)CC2)nc(C)n1. The van der Waals surface area contributed by atoms with E-state index in [9.17, 15) is 4.79 Å². The largest absolute Gasteiger partial charge is 0.361 e. The van der Waals surface area contributed by atoms with Crippen LogP contribution in [0.5, 0.6) is 0 Å². The van der Waals surface area contributed by atoms with Crippen LogP contribution in [-0.2, 0) is 5.75 Å². The first kappa shape index (κ1) is 21.4. The minimum absolute atomic E-state index is 0.0801. The zero-order valence-corrected chi connectivity index (χ0v) is 19.2. The third-order valence-electron chi connectivity index (χ3n) is 5.51. The molecule has 31 heavy (non-hydrogen) atoms. The van der Waals surface area contributed by atoms with Crippen molar-refractivity contribution in [2.24, 2.45) is 0 Å². The third-order valence-corrected chi connectivity index (χ3v) is 6.61. The number of nitrogens with zero attached hydrogens (tertiary/aromatic N) is 5. The van der Waals surface area contributed by atoms with Crippen LogP contribution in [0, 0.1) is 27.7 Å². The van der Waals surface area contributed by atoms with Crippen LogP contribution in [0.3, 0.4) is 0 Å². The zero-order valence-electron chi connectivity index (χ0n) is 18.4. The summed E-state index contributed by atoms with van der Waals surface area (Å²) in [7, 11) is 0. The molecule has 3 heterocycles. The quantitative estimate of drug-likeness (QED) is 0.559. The van der Waals surface area contributed by atoms with E-state index in [2.05, 4.69) is 20.0 Å². The molecule has 0 atom stereocenters. The van der Waals surface area contributed by atoms with E-state index in [1.54, 1.807) is 11.8 Å². The van der Waals surface area contributed by atoms with Gasteiger partial charge in [-0.25, -0.2) is 9.97 Å². The minimum atomic E-state index is 0.0801. The average molecular weight is 438 g/mol.